The summed E-state index contributed by atoms with van der Waals surface area (Å²) in [5.74, 6) is -0.134. The molecule has 5 nitrogen and oxygen atoms in total. The number of thiophene rings is 1. The van der Waals surface area contributed by atoms with Gasteiger partial charge in [0, 0.05) is 22.9 Å². The van der Waals surface area contributed by atoms with Crippen molar-refractivity contribution in [1.82, 2.24) is 10.2 Å². The molecule has 0 aliphatic carbocycles. The van der Waals surface area contributed by atoms with E-state index in [0.29, 0.717) is 10.7 Å². The standard InChI is InChI=1S/C18H16N2O3S3/c21-16(12-25-13-5-2-1-3-6-13)19-8-9-20-17(22)15(26-18(20)23)11-14-7-4-10-24-14/h1-7,10-11H,8-9,12H2,(H,19,21)/b15-11+. The summed E-state index contributed by atoms with van der Waals surface area (Å²) in [6, 6.07) is 13.4. The van der Waals surface area contributed by atoms with Gasteiger partial charge >= 0.3 is 0 Å². The molecule has 2 heterocycles. The molecule has 3 rings (SSSR count). The topological polar surface area (TPSA) is 66.5 Å². The summed E-state index contributed by atoms with van der Waals surface area (Å²) >= 11 is 3.89. The van der Waals surface area contributed by atoms with E-state index in [0.717, 1.165) is 21.5 Å². The normalized spacial score (nSPS) is 15.7. The van der Waals surface area contributed by atoms with Crippen LogP contribution in [0.15, 0.2) is 57.6 Å². The molecule has 2 aromatic rings. The van der Waals surface area contributed by atoms with E-state index >= 15 is 0 Å². The van der Waals surface area contributed by atoms with E-state index in [4.69, 9.17) is 0 Å². The van der Waals surface area contributed by atoms with Crippen LogP contribution in [0.1, 0.15) is 4.88 Å². The second kappa shape index (κ2) is 9.07. The van der Waals surface area contributed by atoms with Crippen LogP contribution in [0.4, 0.5) is 4.79 Å². The predicted molar refractivity (Wildman–Crippen MR) is 107 cm³/mol. The molecule has 0 saturated carbocycles. The number of hydrogen-bond donors (Lipinski definition) is 1. The lowest BCUT2D eigenvalue weighted by atomic mass is 10.3. The number of nitrogens with one attached hydrogen (secondary N) is 1. The van der Waals surface area contributed by atoms with Crippen LogP contribution in [0.25, 0.3) is 6.08 Å². The van der Waals surface area contributed by atoms with E-state index < -0.39 is 0 Å². The number of amides is 3. The Morgan fingerprint density at radius 3 is 2.69 bits per heavy atom. The first-order valence-electron chi connectivity index (χ1n) is 7.87. The van der Waals surface area contributed by atoms with Crippen molar-refractivity contribution in [1.29, 1.82) is 0 Å². The molecule has 134 valence electrons. The number of nitrogens with zero attached hydrogens (tertiary/aromatic N) is 1. The van der Waals surface area contributed by atoms with E-state index in [1.54, 1.807) is 6.08 Å². The van der Waals surface area contributed by atoms with Crippen molar-refractivity contribution in [3.05, 3.63) is 57.6 Å². The first-order chi connectivity index (χ1) is 12.6. The van der Waals surface area contributed by atoms with Gasteiger partial charge in [0.2, 0.25) is 5.91 Å². The molecule has 1 saturated heterocycles. The van der Waals surface area contributed by atoms with Crippen LogP contribution in [0.5, 0.6) is 0 Å². The smallest absolute Gasteiger partial charge is 0.293 e. The zero-order chi connectivity index (χ0) is 18.4. The molecule has 0 spiro atoms. The molecular formula is C18H16N2O3S3. The minimum absolute atomic E-state index is 0.125. The SMILES string of the molecule is O=C(CSc1ccccc1)NCCN1C(=O)S/C(=C/c2cccs2)C1=O. The van der Waals surface area contributed by atoms with Crippen molar-refractivity contribution < 1.29 is 14.4 Å². The lowest BCUT2D eigenvalue weighted by Crippen LogP contribution is -2.37. The maximum Gasteiger partial charge on any atom is 0.293 e. The fourth-order valence-corrected chi connectivity index (χ4v) is 4.56. The minimum Gasteiger partial charge on any atom is -0.354 e. The molecule has 0 bridgehead atoms. The lowest BCUT2D eigenvalue weighted by molar-refractivity contribution is -0.123. The van der Waals surface area contributed by atoms with Gasteiger partial charge in [-0.15, -0.1) is 23.1 Å². The zero-order valence-electron chi connectivity index (χ0n) is 13.7. The number of imide groups is 1. The van der Waals surface area contributed by atoms with E-state index in [9.17, 15) is 14.4 Å². The molecule has 0 radical (unpaired) electrons. The number of carbonyl (C=O) groups is 3. The lowest BCUT2D eigenvalue weighted by Gasteiger charge is -2.12. The van der Waals surface area contributed by atoms with Crippen LogP contribution in [-0.2, 0) is 9.59 Å². The van der Waals surface area contributed by atoms with Crippen LogP contribution >= 0.6 is 34.9 Å². The molecular weight excluding hydrogens is 388 g/mol. The first kappa shape index (κ1) is 18.8. The van der Waals surface area contributed by atoms with Gasteiger partial charge in [0.25, 0.3) is 11.1 Å². The molecule has 0 unspecified atom stereocenters. The zero-order valence-corrected chi connectivity index (χ0v) is 16.2. The summed E-state index contributed by atoms with van der Waals surface area (Å²) in [6.07, 6.45) is 1.73. The predicted octanol–water partition coefficient (Wildman–Crippen LogP) is 3.69. The Morgan fingerprint density at radius 2 is 1.96 bits per heavy atom. The Morgan fingerprint density at radius 1 is 1.15 bits per heavy atom. The second-order valence-corrected chi connectivity index (χ2v) is 8.32. The highest BCUT2D eigenvalue weighted by molar-refractivity contribution is 8.18. The van der Waals surface area contributed by atoms with Crippen LogP contribution in [-0.4, -0.2) is 40.8 Å². The van der Waals surface area contributed by atoms with Gasteiger partial charge in [-0.3, -0.25) is 19.3 Å². The quantitative estimate of drug-likeness (QED) is 0.563. The number of hydrogen-bond acceptors (Lipinski definition) is 6. The van der Waals surface area contributed by atoms with Crippen LogP contribution in [0, 0.1) is 0 Å². The highest BCUT2D eigenvalue weighted by Gasteiger charge is 2.34. The Kier molecular flexibility index (Phi) is 6.54. The second-order valence-electron chi connectivity index (χ2n) is 5.30. The summed E-state index contributed by atoms with van der Waals surface area (Å²) in [6.45, 7) is 0.423. The Balaban J connectivity index is 1.45. The molecule has 1 aliphatic rings. The molecule has 1 aromatic heterocycles. The summed E-state index contributed by atoms with van der Waals surface area (Å²) in [4.78, 5) is 39.8. The van der Waals surface area contributed by atoms with E-state index in [1.165, 1.54) is 28.0 Å². The number of carbonyl (C=O) groups excluding carboxylic acids is 3. The van der Waals surface area contributed by atoms with Gasteiger partial charge in [-0.25, -0.2) is 0 Å². The fraction of sp³-hybridized carbons (Fsp3) is 0.167. The highest BCUT2D eigenvalue weighted by atomic mass is 32.2. The number of benzene rings is 1. The van der Waals surface area contributed by atoms with Crippen LogP contribution < -0.4 is 5.32 Å². The minimum atomic E-state index is -0.304. The average Bonchev–Trinajstić information content (AvgIpc) is 3.24. The summed E-state index contributed by atoms with van der Waals surface area (Å²) in [7, 11) is 0. The maximum absolute atomic E-state index is 12.3. The molecule has 26 heavy (non-hydrogen) atoms. The van der Waals surface area contributed by atoms with Crippen LogP contribution in [0.3, 0.4) is 0 Å². The number of thioether (sulfide) groups is 2. The third kappa shape index (κ3) is 5.00. The third-order valence-corrected chi connectivity index (χ3v) is 6.20. The molecule has 8 heteroatoms. The molecule has 1 N–H and O–H groups in total. The summed E-state index contributed by atoms with van der Waals surface area (Å²) < 4.78 is 0. The van der Waals surface area contributed by atoms with E-state index in [-0.39, 0.29) is 30.1 Å². The molecule has 1 fully saturated rings. The Labute approximate surface area is 163 Å². The summed E-state index contributed by atoms with van der Waals surface area (Å²) in [5.41, 5.74) is 0. The molecule has 3 amide bonds. The monoisotopic (exact) mass is 404 g/mol. The van der Waals surface area contributed by atoms with Gasteiger partial charge in [0.05, 0.1) is 10.7 Å². The Hall–Kier alpha value is -2.03. The fourth-order valence-electron chi connectivity index (χ4n) is 2.22. The van der Waals surface area contributed by atoms with Gasteiger partial charge in [0.1, 0.15) is 0 Å². The van der Waals surface area contributed by atoms with Crippen molar-refractivity contribution in [3.8, 4) is 0 Å². The van der Waals surface area contributed by atoms with Crippen LogP contribution in [0.2, 0.25) is 0 Å². The van der Waals surface area contributed by atoms with Gasteiger partial charge < -0.3 is 5.32 Å². The van der Waals surface area contributed by atoms with Crippen molar-refractivity contribution >= 4 is 58.0 Å². The Bertz CT molecular complexity index is 819. The first-order valence-corrected chi connectivity index (χ1v) is 10.5. The van der Waals surface area contributed by atoms with E-state index in [2.05, 4.69) is 5.32 Å². The van der Waals surface area contributed by atoms with Crippen molar-refractivity contribution in [2.24, 2.45) is 0 Å². The third-order valence-electron chi connectivity index (χ3n) is 3.46. The van der Waals surface area contributed by atoms with Crippen molar-refractivity contribution in [2.75, 3.05) is 18.8 Å². The highest BCUT2D eigenvalue weighted by Crippen LogP contribution is 2.32. The van der Waals surface area contributed by atoms with Gasteiger partial charge in [0.15, 0.2) is 0 Å². The van der Waals surface area contributed by atoms with Gasteiger partial charge in [-0.2, -0.15) is 0 Å². The van der Waals surface area contributed by atoms with Gasteiger partial charge in [-0.1, -0.05) is 24.3 Å². The van der Waals surface area contributed by atoms with Gasteiger partial charge in [-0.05, 0) is 41.4 Å². The molecule has 1 aliphatic heterocycles. The maximum atomic E-state index is 12.3. The van der Waals surface area contributed by atoms with Crippen molar-refractivity contribution in [2.45, 2.75) is 4.90 Å². The average molecular weight is 405 g/mol. The molecule has 0 atom stereocenters. The van der Waals surface area contributed by atoms with E-state index in [1.807, 2.05) is 47.8 Å². The summed E-state index contributed by atoms with van der Waals surface area (Å²) in [5, 5.41) is 4.36. The number of rotatable bonds is 7. The molecule has 1 aromatic carbocycles. The van der Waals surface area contributed by atoms with Crippen molar-refractivity contribution in [3.63, 3.8) is 0 Å². The largest absolute Gasteiger partial charge is 0.354 e.